The highest BCUT2D eigenvalue weighted by molar-refractivity contribution is 6.02. The van der Waals surface area contributed by atoms with E-state index in [-0.39, 0.29) is 23.7 Å². The maximum absolute atomic E-state index is 12.0. The quantitative estimate of drug-likeness (QED) is 0.720. The van der Waals surface area contributed by atoms with E-state index >= 15 is 0 Å². The standard InChI is InChI=1S/C16H22O5/c1-3-11(9-12(17)4-2)10-21-16(20)14-8-6-5-7-13(14)15(18)19/h5-8,11-12,17H,3-4,9-10H2,1-2H3,(H,18,19). The molecule has 1 aromatic rings. The van der Waals surface area contributed by atoms with Gasteiger partial charge in [0.2, 0.25) is 0 Å². The number of rotatable bonds is 8. The first-order valence-corrected chi connectivity index (χ1v) is 7.17. The van der Waals surface area contributed by atoms with Crippen molar-refractivity contribution in [2.75, 3.05) is 6.61 Å². The van der Waals surface area contributed by atoms with E-state index in [0.717, 1.165) is 6.42 Å². The van der Waals surface area contributed by atoms with E-state index in [2.05, 4.69) is 0 Å². The summed E-state index contributed by atoms with van der Waals surface area (Å²) in [6.45, 7) is 4.04. The van der Waals surface area contributed by atoms with E-state index in [0.29, 0.717) is 12.8 Å². The summed E-state index contributed by atoms with van der Waals surface area (Å²) in [7, 11) is 0. The van der Waals surface area contributed by atoms with Crippen LogP contribution in [0.25, 0.3) is 0 Å². The van der Waals surface area contributed by atoms with Crippen molar-refractivity contribution in [1.29, 1.82) is 0 Å². The lowest BCUT2D eigenvalue weighted by molar-refractivity contribution is 0.0367. The highest BCUT2D eigenvalue weighted by atomic mass is 16.5. The summed E-state index contributed by atoms with van der Waals surface area (Å²) in [6.07, 6.45) is 1.61. The molecule has 0 bridgehead atoms. The number of aliphatic hydroxyl groups is 1. The fourth-order valence-electron chi connectivity index (χ4n) is 2.02. The van der Waals surface area contributed by atoms with E-state index in [1.807, 2.05) is 13.8 Å². The summed E-state index contributed by atoms with van der Waals surface area (Å²) in [6, 6.07) is 5.97. The first-order chi connectivity index (χ1) is 9.99. The smallest absolute Gasteiger partial charge is 0.339 e. The zero-order chi connectivity index (χ0) is 15.8. The number of benzene rings is 1. The van der Waals surface area contributed by atoms with Gasteiger partial charge >= 0.3 is 11.9 Å². The molecule has 0 radical (unpaired) electrons. The molecule has 0 fully saturated rings. The highest BCUT2D eigenvalue weighted by Gasteiger charge is 2.19. The molecule has 0 amide bonds. The number of hydrogen-bond donors (Lipinski definition) is 2. The van der Waals surface area contributed by atoms with Gasteiger partial charge in [-0.05, 0) is 37.3 Å². The predicted molar refractivity (Wildman–Crippen MR) is 78.4 cm³/mol. The van der Waals surface area contributed by atoms with Crippen molar-refractivity contribution in [3.8, 4) is 0 Å². The average molecular weight is 294 g/mol. The Morgan fingerprint density at radius 2 is 1.76 bits per heavy atom. The highest BCUT2D eigenvalue weighted by Crippen LogP contribution is 2.16. The van der Waals surface area contributed by atoms with E-state index in [1.165, 1.54) is 12.1 Å². The molecule has 21 heavy (non-hydrogen) atoms. The van der Waals surface area contributed by atoms with Gasteiger partial charge in [-0.25, -0.2) is 9.59 Å². The Labute approximate surface area is 124 Å². The average Bonchev–Trinajstić information content (AvgIpc) is 2.50. The molecule has 2 N–H and O–H groups in total. The molecule has 0 saturated carbocycles. The molecular weight excluding hydrogens is 272 g/mol. The van der Waals surface area contributed by atoms with Crippen LogP contribution in [0.3, 0.4) is 0 Å². The summed E-state index contributed by atoms with van der Waals surface area (Å²) in [5.74, 6) is -1.73. The third-order valence-electron chi connectivity index (χ3n) is 3.48. The van der Waals surface area contributed by atoms with Crippen molar-refractivity contribution in [3.05, 3.63) is 35.4 Å². The Hall–Kier alpha value is -1.88. The minimum atomic E-state index is -1.16. The van der Waals surface area contributed by atoms with Crippen LogP contribution in [-0.2, 0) is 4.74 Å². The largest absolute Gasteiger partial charge is 0.478 e. The van der Waals surface area contributed by atoms with Crippen LogP contribution in [-0.4, -0.2) is 34.9 Å². The van der Waals surface area contributed by atoms with Gasteiger partial charge in [0, 0.05) is 0 Å². The SMILES string of the molecule is CCC(O)CC(CC)COC(=O)c1ccccc1C(=O)O. The molecule has 5 heteroatoms. The number of carbonyl (C=O) groups excluding carboxylic acids is 1. The summed E-state index contributed by atoms with van der Waals surface area (Å²) in [5.41, 5.74) is -0.0139. The van der Waals surface area contributed by atoms with Crippen molar-refractivity contribution in [3.63, 3.8) is 0 Å². The molecule has 1 aromatic carbocycles. The Balaban J connectivity index is 2.67. The van der Waals surface area contributed by atoms with E-state index in [9.17, 15) is 14.7 Å². The second kappa shape index (κ2) is 8.42. The van der Waals surface area contributed by atoms with Gasteiger partial charge in [-0.2, -0.15) is 0 Å². The molecule has 0 spiro atoms. The second-order valence-corrected chi connectivity index (χ2v) is 5.02. The maximum Gasteiger partial charge on any atom is 0.339 e. The van der Waals surface area contributed by atoms with E-state index in [1.54, 1.807) is 12.1 Å². The number of aliphatic hydroxyl groups excluding tert-OH is 1. The Bertz CT molecular complexity index is 483. The van der Waals surface area contributed by atoms with Crippen molar-refractivity contribution < 1.29 is 24.5 Å². The lowest BCUT2D eigenvalue weighted by Crippen LogP contribution is -2.20. The number of ether oxygens (including phenoxy) is 1. The van der Waals surface area contributed by atoms with Crippen LogP contribution in [0.1, 0.15) is 53.8 Å². The summed E-state index contributed by atoms with van der Waals surface area (Å²) < 4.78 is 5.20. The maximum atomic E-state index is 12.0. The topological polar surface area (TPSA) is 83.8 Å². The van der Waals surface area contributed by atoms with Crippen LogP contribution < -0.4 is 0 Å². The summed E-state index contributed by atoms with van der Waals surface area (Å²) in [5, 5.41) is 18.7. The van der Waals surface area contributed by atoms with E-state index < -0.39 is 18.0 Å². The minimum Gasteiger partial charge on any atom is -0.478 e. The second-order valence-electron chi connectivity index (χ2n) is 5.02. The Morgan fingerprint density at radius 3 is 2.29 bits per heavy atom. The third kappa shape index (κ3) is 5.19. The van der Waals surface area contributed by atoms with Crippen molar-refractivity contribution in [1.82, 2.24) is 0 Å². The van der Waals surface area contributed by atoms with Crippen LogP contribution >= 0.6 is 0 Å². The molecule has 1 rings (SSSR count). The molecule has 0 aromatic heterocycles. The monoisotopic (exact) mass is 294 g/mol. The molecule has 116 valence electrons. The zero-order valence-corrected chi connectivity index (χ0v) is 12.4. The molecular formula is C16H22O5. The number of carboxylic acids is 1. The van der Waals surface area contributed by atoms with Crippen LogP contribution in [0, 0.1) is 5.92 Å². The van der Waals surface area contributed by atoms with Crippen LogP contribution in [0.15, 0.2) is 24.3 Å². The van der Waals surface area contributed by atoms with Crippen molar-refractivity contribution in [2.45, 2.75) is 39.2 Å². The van der Waals surface area contributed by atoms with Gasteiger partial charge in [0.25, 0.3) is 0 Å². The molecule has 5 nitrogen and oxygen atoms in total. The fourth-order valence-corrected chi connectivity index (χ4v) is 2.02. The first kappa shape index (κ1) is 17.2. The van der Waals surface area contributed by atoms with Gasteiger partial charge in [0.05, 0.1) is 23.8 Å². The van der Waals surface area contributed by atoms with Crippen molar-refractivity contribution in [2.24, 2.45) is 5.92 Å². The van der Waals surface area contributed by atoms with Gasteiger partial charge in [0.1, 0.15) is 0 Å². The molecule has 2 unspecified atom stereocenters. The van der Waals surface area contributed by atoms with Crippen LogP contribution in [0.4, 0.5) is 0 Å². The molecule has 0 saturated heterocycles. The molecule has 2 atom stereocenters. The van der Waals surface area contributed by atoms with Gasteiger partial charge in [0.15, 0.2) is 0 Å². The first-order valence-electron chi connectivity index (χ1n) is 7.17. The van der Waals surface area contributed by atoms with Gasteiger partial charge in [-0.15, -0.1) is 0 Å². The summed E-state index contributed by atoms with van der Waals surface area (Å²) >= 11 is 0. The van der Waals surface area contributed by atoms with Gasteiger partial charge < -0.3 is 14.9 Å². The van der Waals surface area contributed by atoms with Gasteiger partial charge in [-0.3, -0.25) is 0 Å². The predicted octanol–water partition coefficient (Wildman–Crippen LogP) is 2.73. The fraction of sp³-hybridized carbons (Fsp3) is 0.500. The van der Waals surface area contributed by atoms with E-state index in [4.69, 9.17) is 9.84 Å². The van der Waals surface area contributed by atoms with Crippen molar-refractivity contribution >= 4 is 11.9 Å². The Morgan fingerprint density at radius 1 is 1.14 bits per heavy atom. The third-order valence-corrected chi connectivity index (χ3v) is 3.48. The molecule has 0 aliphatic heterocycles. The normalized spacial score (nSPS) is 13.5. The summed E-state index contributed by atoms with van der Waals surface area (Å²) in [4.78, 5) is 23.1. The van der Waals surface area contributed by atoms with Crippen LogP contribution in [0.2, 0.25) is 0 Å². The number of carboxylic acid groups (broad SMARTS) is 1. The number of carbonyl (C=O) groups is 2. The van der Waals surface area contributed by atoms with Gasteiger partial charge in [-0.1, -0.05) is 26.0 Å². The number of hydrogen-bond acceptors (Lipinski definition) is 4. The molecule has 0 aliphatic rings. The van der Waals surface area contributed by atoms with Crippen LogP contribution in [0.5, 0.6) is 0 Å². The lowest BCUT2D eigenvalue weighted by atomic mass is 9.98. The molecule has 0 heterocycles. The lowest BCUT2D eigenvalue weighted by Gasteiger charge is -2.18. The number of esters is 1. The minimum absolute atomic E-state index is 0.0518. The number of aromatic carboxylic acids is 1. The molecule has 0 aliphatic carbocycles. The Kier molecular flexibility index (Phi) is 6.88. The zero-order valence-electron chi connectivity index (χ0n) is 12.4.